The summed E-state index contributed by atoms with van der Waals surface area (Å²) in [7, 11) is 0. The third-order valence-corrected chi connectivity index (χ3v) is 5.59. The summed E-state index contributed by atoms with van der Waals surface area (Å²) in [5.74, 6) is -0.881. The van der Waals surface area contributed by atoms with Crippen molar-refractivity contribution >= 4 is 27.4 Å². The number of halogens is 6. The summed E-state index contributed by atoms with van der Waals surface area (Å²) >= 11 is 1.41. The lowest BCUT2D eigenvalue weighted by atomic mass is 10.2. The Morgan fingerprint density at radius 1 is 1.00 bits per heavy atom. The first-order valence-corrected chi connectivity index (χ1v) is 11.1. The minimum Gasteiger partial charge on any atom is -0.493 e. The quantitative estimate of drug-likeness (QED) is 0.106. The number of fused-ring (bicyclic) bond motifs is 1. The van der Waals surface area contributed by atoms with Crippen molar-refractivity contribution in [3.8, 4) is 16.2 Å². The van der Waals surface area contributed by atoms with Crippen molar-refractivity contribution in [2.24, 2.45) is 0 Å². The van der Waals surface area contributed by atoms with Crippen LogP contribution in [-0.2, 0) is 19.0 Å². The molecule has 6 nitrogen and oxygen atoms in total. The van der Waals surface area contributed by atoms with Gasteiger partial charge in [-0.2, -0.15) is 17.6 Å². The molecule has 0 amide bonds. The van der Waals surface area contributed by atoms with Gasteiger partial charge in [-0.25, -0.2) is 14.3 Å². The monoisotopic (exact) mass is 535 g/mol. The van der Waals surface area contributed by atoms with Crippen molar-refractivity contribution in [3.63, 3.8) is 0 Å². The molecule has 0 aliphatic carbocycles. The standard InChI is InChI=1S/C23H19F6NO5S/c1-2-20(31)33-11-8-22(26,27)35-23(28,29)34-21(24,25)7-10-32-17-6-5-15-12-18(36-19(15)13-17)16-4-3-9-30-14-16/h2-6,9,12-14H,1,7-8,10-11H2. The highest BCUT2D eigenvalue weighted by Crippen LogP contribution is 2.37. The molecule has 0 unspecified atom stereocenters. The van der Waals surface area contributed by atoms with Crippen molar-refractivity contribution < 1.29 is 50.1 Å². The SMILES string of the molecule is C=CC(=O)OCCC(F)(F)OC(F)(F)OC(F)(F)CCOc1ccc2cc(-c3cccnc3)sc2c1. The van der Waals surface area contributed by atoms with E-state index in [9.17, 15) is 31.1 Å². The Labute approximate surface area is 205 Å². The molecule has 0 fully saturated rings. The molecule has 0 saturated carbocycles. The predicted octanol–water partition coefficient (Wildman–Crippen LogP) is 6.62. The molecule has 2 aromatic heterocycles. The average molecular weight is 535 g/mol. The van der Waals surface area contributed by atoms with Crippen molar-refractivity contribution in [1.82, 2.24) is 4.98 Å². The highest BCUT2D eigenvalue weighted by Gasteiger charge is 2.52. The van der Waals surface area contributed by atoms with Crippen LogP contribution in [0.15, 0.2) is 61.4 Å². The Morgan fingerprint density at radius 2 is 1.69 bits per heavy atom. The number of aromatic nitrogens is 1. The Kier molecular flexibility index (Phi) is 8.59. The van der Waals surface area contributed by atoms with Crippen LogP contribution in [0.2, 0.25) is 0 Å². The zero-order chi connectivity index (χ0) is 26.4. The molecule has 0 N–H and O–H groups in total. The molecule has 36 heavy (non-hydrogen) atoms. The van der Waals surface area contributed by atoms with E-state index in [1.807, 2.05) is 12.1 Å². The molecule has 0 aliphatic rings. The highest BCUT2D eigenvalue weighted by molar-refractivity contribution is 7.22. The van der Waals surface area contributed by atoms with Gasteiger partial charge in [0.15, 0.2) is 0 Å². The van der Waals surface area contributed by atoms with Crippen molar-refractivity contribution in [2.75, 3.05) is 13.2 Å². The average Bonchev–Trinajstić information content (AvgIpc) is 3.21. The van der Waals surface area contributed by atoms with Crippen molar-refractivity contribution in [1.29, 1.82) is 0 Å². The zero-order valence-electron chi connectivity index (χ0n) is 18.4. The van der Waals surface area contributed by atoms with Gasteiger partial charge in [0.05, 0.1) is 26.1 Å². The molecule has 3 rings (SSSR count). The topological polar surface area (TPSA) is 66.9 Å². The van der Waals surface area contributed by atoms with E-state index in [1.165, 1.54) is 17.4 Å². The second-order valence-electron chi connectivity index (χ2n) is 7.21. The van der Waals surface area contributed by atoms with Gasteiger partial charge < -0.3 is 9.47 Å². The number of rotatable bonds is 13. The zero-order valence-corrected chi connectivity index (χ0v) is 19.2. The molecule has 13 heteroatoms. The van der Waals surface area contributed by atoms with Crippen LogP contribution in [0.1, 0.15) is 12.8 Å². The minimum atomic E-state index is -5.34. The smallest absolute Gasteiger partial charge is 0.493 e. The van der Waals surface area contributed by atoms with Gasteiger partial charge in [0.2, 0.25) is 0 Å². The van der Waals surface area contributed by atoms with E-state index in [-0.39, 0.29) is 5.75 Å². The number of pyridine rings is 1. The molecule has 0 atom stereocenters. The summed E-state index contributed by atoms with van der Waals surface area (Å²) < 4.78 is 98.3. The molecule has 0 spiro atoms. The van der Waals surface area contributed by atoms with Crippen LogP contribution in [0, 0.1) is 0 Å². The number of benzene rings is 1. The van der Waals surface area contributed by atoms with Crippen LogP contribution >= 0.6 is 11.3 Å². The van der Waals surface area contributed by atoms with Gasteiger partial charge in [-0.05, 0) is 35.7 Å². The molecule has 194 valence electrons. The van der Waals surface area contributed by atoms with E-state index in [0.717, 1.165) is 20.5 Å². The van der Waals surface area contributed by atoms with Crippen LogP contribution < -0.4 is 4.74 Å². The summed E-state index contributed by atoms with van der Waals surface area (Å²) in [6.45, 7) is 1.24. The maximum atomic E-state index is 13.9. The maximum absolute atomic E-state index is 13.9. The van der Waals surface area contributed by atoms with Crippen LogP contribution in [0.5, 0.6) is 5.75 Å². The molecule has 3 aromatic rings. The van der Waals surface area contributed by atoms with E-state index in [2.05, 4.69) is 25.8 Å². The fraction of sp³-hybridized carbons (Fsp3) is 0.304. The Bertz CT molecular complexity index is 1190. The second-order valence-corrected chi connectivity index (χ2v) is 8.30. The summed E-state index contributed by atoms with van der Waals surface area (Å²) in [5, 5.41) is 0.872. The number of hydrogen-bond donors (Lipinski definition) is 0. The lowest BCUT2D eigenvalue weighted by molar-refractivity contribution is -0.514. The van der Waals surface area contributed by atoms with E-state index >= 15 is 0 Å². The molecule has 0 aliphatic heterocycles. The molecule has 0 bridgehead atoms. The normalized spacial score (nSPS) is 12.5. The minimum absolute atomic E-state index is 0.196. The number of carbonyl (C=O) groups excluding carboxylic acids is 1. The molecule has 0 saturated heterocycles. The fourth-order valence-corrected chi connectivity index (χ4v) is 3.92. The first kappa shape index (κ1) is 27.4. The maximum Gasteiger partial charge on any atom is 0.494 e. The molecule has 2 heterocycles. The first-order chi connectivity index (χ1) is 16.9. The molecule has 0 radical (unpaired) electrons. The van der Waals surface area contributed by atoms with Crippen LogP contribution in [-0.4, -0.2) is 42.7 Å². The Balaban J connectivity index is 1.52. The van der Waals surface area contributed by atoms with Crippen LogP contribution in [0.25, 0.3) is 20.5 Å². The van der Waals surface area contributed by atoms with Crippen LogP contribution in [0.3, 0.4) is 0 Å². The Morgan fingerprint density at radius 3 is 2.33 bits per heavy atom. The van der Waals surface area contributed by atoms with E-state index in [4.69, 9.17) is 4.74 Å². The van der Waals surface area contributed by atoms with Gasteiger partial charge in [-0.1, -0.05) is 12.6 Å². The fourth-order valence-electron chi connectivity index (χ4n) is 2.84. The lowest BCUT2D eigenvalue weighted by Gasteiger charge is -2.26. The number of alkyl halides is 6. The molecular formula is C23H19F6NO5S. The third kappa shape index (κ3) is 8.21. The summed E-state index contributed by atoms with van der Waals surface area (Å²) in [4.78, 5) is 15.8. The first-order valence-electron chi connectivity index (χ1n) is 10.3. The number of esters is 1. The highest BCUT2D eigenvalue weighted by atomic mass is 32.1. The van der Waals surface area contributed by atoms with E-state index in [0.29, 0.717) is 6.08 Å². The van der Waals surface area contributed by atoms with E-state index < -0.39 is 50.5 Å². The van der Waals surface area contributed by atoms with Crippen molar-refractivity contribution in [3.05, 3.63) is 61.4 Å². The summed E-state index contributed by atoms with van der Waals surface area (Å²) in [6.07, 6.45) is -13.4. The second kappa shape index (κ2) is 11.3. The Hall–Kier alpha value is -3.16. The number of thiophene rings is 1. The summed E-state index contributed by atoms with van der Waals surface area (Å²) in [6, 6.07) is 10.4. The largest absolute Gasteiger partial charge is 0.494 e. The molecule has 1 aromatic carbocycles. The van der Waals surface area contributed by atoms with Gasteiger partial charge in [0.1, 0.15) is 5.75 Å². The number of ether oxygens (including phenoxy) is 4. The third-order valence-electron chi connectivity index (χ3n) is 4.44. The van der Waals surface area contributed by atoms with Gasteiger partial charge in [0, 0.05) is 33.6 Å². The van der Waals surface area contributed by atoms with E-state index in [1.54, 1.807) is 30.6 Å². The molecular weight excluding hydrogens is 516 g/mol. The van der Waals surface area contributed by atoms with Gasteiger partial charge >= 0.3 is 24.5 Å². The number of nitrogens with zero attached hydrogens (tertiary/aromatic N) is 1. The predicted molar refractivity (Wildman–Crippen MR) is 118 cm³/mol. The van der Waals surface area contributed by atoms with Gasteiger partial charge in [-0.15, -0.1) is 20.1 Å². The number of carbonyl (C=O) groups is 1. The van der Waals surface area contributed by atoms with Crippen molar-refractivity contribution in [2.45, 2.75) is 31.4 Å². The van der Waals surface area contributed by atoms with Crippen LogP contribution in [0.4, 0.5) is 26.3 Å². The lowest BCUT2D eigenvalue weighted by Crippen LogP contribution is -2.41. The summed E-state index contributed by atoms with van der Waals surface area (Å²) in [5.41, 5.74) is 0.893. The van der Waals surface area contributed by atoms with Gasteiger partial charge in [0.25, 0.3) is 0 Å². The van der Waals surface area contributed by atoms with Gasteiger partial charge in [-0.3, -0.25) is 4.98 Å². The number of hydrogen-bond acceptors (Lipinski definition) is 7.